The Bertz CT molecular complexity index is 450. The molecule has 2 unspecified atom stereocenters. The molecule has 2 atom stereocenters. The molecular weight excluding hydrogens is 308 g/mol. The molecule has 0 saturated carbocycles. The number of halogens is 1. The zero-order valence-corrected chi connectivity index (χ0v) is 13.7. The van der Waals surface area contributed by atoms with Crippen LogP contribution in [0.1, 0.15) is 24.8 Å². The fourth-order valence-corrected chi connectivity index (χ4v) is 3.36. The maximum absolute atomic E-state index is 11.9. The molecule has 1 fully saturated rings. The molecule has 21 heavy (non-hydrogen) atoms. The lowest BCUT2D eigenvalue weighted by molar-refractivity contribution is -0.123. The number of amides is 1. The number of piperidine rings is 1. The van der Waals surface area contributed by atoms with Gasteiger partial charge in [0.25, 0.3) is 0 Å². The van der Waals surface area contributed by atoms with E-state index in [2.05, 4.69) is 10.6 Å². The lowest BCUT2D eigenvalue weighted by atomic mass is 10.0. The maximum atomic E-state index is 11.9. The summed E-state index contributed by atoms with van der Waals surface area (Å²) in [6, 6.07) is 9.73. The molecule has 2 rings (SSSR count). The van der Waals surface area contributed by atoms with Gasteiger partial charge in [0.2, 0.25) is 5.91 Å². The van der Waals surface area contributed by atoms with E-state index in [0.717, 1.165) is 31.4 Å². The number of carbonyl (C=O) groups is 1. The summed E-state index contributed by atoms with van der Waals surface area (Å²) >= 11 is 0. The van der Waals surface area contributed by atoms with Crippen molar-refractivity contribution in [3.05, 3.63) is 35.9 Å². The van der Waals surface area contributed by atoms with Crippen molar-refractivity contribution in [1.29, 1.82) is 0 Å². The third kappa shape index (κ3) is 6.59. The molecule has 0 aliphatic carbocycles. The van der Waals surface area contributed by atoms with Crippen molar-refractivity contribution < 1.29 is 9.00 Å². The molecule has 6 heteroatoms. The minimum absolute atomic E-state index is 0. The van der Waals surface area contributed by atoms with Crippen LogP contribution >= 0.6 is 12.4 Å². The Balaban J connectivity index is 0.00000220. The molecule has 118 valence electrons. The highest BCUT2D eigenvalue weighted by atomic mass is 35.5. The van der Waals surface area contributed by atoms with Gasteiger partial charge in [0.15, 0.2) is 0 Å². The highest BCUT2D eigenvalue weighted by Gasteiger charge is 2.19. The van der Waals surface area contributed by atoms with Crippen molar-refractivity contribution in [1.82, 2.24) is 10.6 Å². The van der Waals surface area contributed by atoms with Crippen molar-refractivity contribution in [2.75, 3.05) is 18.8 Å². The van der Waals surface area contributed by atoms with Gasteiger partial charge in [-0.05, 0) is 24.9 Å². The predicted molar refractivity (Wildman–Crippen MR) is 89.1 cm³/mol. The fourth-order valence-electron chi connectivity index (χ4n) is 2.32. The van der Waals surface area contributed by atoms with Crippen LogP contribution in [-0.4, -0.2) is 35.0 Å². The number of rotatable bonds is 6. The summed E-state index contributed by atoms with van der Waals surface area (Å²) in [5, 5.41) is 6.08. The summed E-state index contributed by atoms with van der Waals surface area (Å²) in [5.74, 6) is 1.10. The Kier molecular flexibility index (Phi) is 8.57. The topological polar surface area (TPSA) is 58.2 Å². The zero-order valence-electron chi connectivity index (χ0n) is 12.0. The van der Waals surface area contributed by atoms with Gasteiger partial charge in [0.05, 0.1) is 6.04 Å². The second-order valence-corrected chi connectivity index (χ2v) is 6.64. The Morgan fingerprint density at radius 2 is 2.05 bits per heavy atom. The second kappa shape index (κ2) is 9.92. The third-order valence-electron chi connectivity index (χ3n) is 3.43. The Morgan fingerprint density at radius 3 is 2.71 bits per heavy atom. The van der Waals surface area contributed by atoms with Gasteiger partial charge in [-0.1, -0.05) is 36.8 Å². The van der Waals surface area contributed by atoms with E-state index in [4.69, 9.17) is 0 Å². The number of hydrogen-bond acceptors (Lipinski definition) is 3. The van der Waals surface area contributed by atoms with E-state index in [1.165, 1.54) is 0 Å². The summed E-state index contributed by atoms with van der Waals surface area (Å²) in [6.45, 7) is 1.40. The van der Waals surface area contributed by atoms with Crippen LogP contribution in [0.5, 0.6) is 0 Å². The van der Waals surface area contributed by atoms with Crippen LogP contribution in [0.4, 0.5) is 0 Å². The maximum Gasteiger partial charge on any atom is 0.237 e. The molecule has 4 nitrogen and oxygen atoms in total. The minimum atomic E-state index is -0.927. The van der Waals surface area contributed by atoms with Gasteiger partial charge >= 0.3 is 0 Å². The monoisotopic (exact) mass is 330 g/mol. The number of carbonyl (C=O) groups excluding carboxylic acids is 1. The van der Waals surface area contributed by atoms with Gasteiger partial charge < -0.3 is 10.6 Å². The van der Waals surface area contributed by atoms with E-state index in [0.29, 0.717) is 18.1 Å². The summed E-state index contributed by atoms with van der Waals surface area (Å²) in [4.78, 5) is 11.9. The smallest absolute Gasteiger partial charge is 0.237 e. The van der Waals surface area contributed by atoms with Crippen molar-refractivity contribution in [2.24, 2.45) is 0 Å². The van der Waals surface area contributed by atoms with E-state index in [1.807, 2.05) is 30.3 Å². The number of nitrogens with one attached hydrogen (secondary N) is 2. The van der Waals surface area contributed by atoms with Crippen LogP contribution < -0.4 is 10.6 Å². The molecule has 2 N–H and O–H groups in total. The van der Waals surface area contributed by atoms with E-state index < -0.39 is 10.8 Å². The lowest BCUT2D eigenvalue weighted by Gasteiger charge is -2.22. The van der Waals surface area contributed by atoms with E-state index in [-0.39, 0.29) is 24.4 Å². The first-order chi connectivity index (χ1) is 9.75. The highest BCUT2D eigenvalue weighted by molar-refractivity contribution is 7.84. The van der Waals surface area contributed by atoms with Crippen LogP contribution in [0.15, 0.2) is 30.3 Å². The summed E-state index contributed by atoms with van der Waals surface area (Å²) in [5.41, 5.74) is 1.08. The van der Waals surface area contributed by atoms with Gasteiger partial charge in [-0.2, -0.15) is 0 Å². The molecule has 1 aromatic rings. The second-order valence-electron chi connectivity index (χ2n) is 5.07. The van der Waals surface area contributed by atoms with E-state index >= 15 is 0 Å². The van der Waals surface area contributed by atoms with Gasteiger partial charge in [0, 0.05) is 28.9 Å². The highest BCUT2D eigenvalue weighted by Crippen LogP contribution is 2.06. The first-order valence-corrected chi connectivity index (χ1v) is 8.64. The largest absolute Gasteiger partial charge is 0.354 e. The van der Waals surface area contributed by atoms with E-state index in [9.17, 15) is 9.00 Å². The molecule has 0 aromatic heterocycles. The SMILES string of the molecule is Cl.O=C(NCCS(=O)Cc1ccccc1)C1CCCCN1. The van der Waals surface area contributed by atoms with Gasteiger partial charge in [0.1, 0.15) is 0 Å². The standard InChI is InChI=1S/C15H22N2O2S.ClH/c18-15(14-8-4-5-9-16-14)17-10-11-20(19)12-13-6-2-1-3-7-13;/h1-3,6-7,14,16H,4-5,8-12H2,(H,17,18);1H. The zero-order chi connectivity index (χ0) is 14.2. The molecule has 0 radical (unpaired) electrons. The molecule has 1 heterocycles. The Labute approximate surface area is 134 Å². The third-order valence-corrected chi connectivity index (χ3v) is 4.74. The average molecular weight is 331 g/mol. The van der Waals surface area contributed by atoms with E-state index in [1.54, 1.807) is 0 Å². The van der Waals surface area contributed by atoms with Crippen molar-refractivity contribution in [2.45, 2.75) is 31.1 Å². The molecule has 1 saturated heterocycles. The Morgan fingerprint density at radius 1 is 1.29 bits per heavy atom. The molecule has 1 aromatic carbocycles. The van der Waals surface area contributed by atoms with Crippen molar-refractivity contribution in [3.8, 4) is 0 Å². The number of benzene rings is 1. The Hall–Kier alpha value is -0.910. The quantitative estimate of drug-likeness (QED) is 0.833. The lowest BCUT2D eigenvalue weighted by Crippen LogP contribution is -2.47. The van der Waals surface area contributed by atoms with Gasteiger partial charge in [-0.15, -0.1) is 12.4 Å². The average Bonchev–Trinajstić information content (AvgIpc) is 2.49. The van der Waals surface area contributed by atoms with Gasteiger partial charge in [-0.25, -0.2) is 0 Å². The van der Waals surface area contributed by atoms with Crippen LogP contribution in [-0.2, 0) is 21.3 Å². The van der Waals surface area contributed by atoms with Gasteiger partial charge in [-0.3, -0.25) is 9.00 Å². The molecule has 1 aliphatic rings. The fraction of sp³-hybridized carbons (Fsp3) is 0.533. The summed E-state index contributed by atoms with van der Waals surface area (Å²) in [6.07, 6.45) is 3.15. The molecule has 1 aliphatic heterocycles. The van der Waals surface area contributed by atoms with Crippen molar-refractivity contribution in [3.63, 3.8) is 0 Å². The predicted octanol–water partition coefficient (Wildman–Crippen LogP) is 1.62. The van der Waals surface area contributed by atoms with Crippen LogP contribution in [0, 0.1) is 0 Å². The van der Waals surface area contributed by atoms with Crippen molar-refractivity contribution >= 4 is 29.1 Å². The van der Waals surface area contributed by atoms with Crippen LogP contribution in [0.25, 0.3) is 0 Å². The first kappa shape index (κ1) is 18.1. The first-order valence-electron chi connectivity index (χ1n) is 7.16. The van der Waals surface area contributed by atoms with Crippen LogP contribution in [0.3, 0.4) is 0 Å². The molecular formula is C15H23ClN2O2S. The number of hydrogen-bond donors (Lipinski definition) is 2. The summed E-state index contributed by atoms with van der Waals surface area (Å²) in [7, 11) is -0.927. The summed E-state index contributed by atoms with van der Waals surface area (Å²) < 4.78 is 11.9. The molecule has 1 amide bonds. The van der Waals surface area contributed by atoms with Crippen LogP contribution in [0.2, 0.25) is 0 Å². The molecule has 0 spiro atoms. The molecule has 0 bridgehead atoms. The minimum Gasteiger partial charge on any atom is -0.354 e. The normalized spacial score (nSPS) is 19.3.